The number of aryl methyl sites for hydroxylation is 1. The molecule has 0 aliphatic rings. The summed E-state index contributed by atoms with van der Waals surface area (Å²) in [5, 5.41) is 5.47. The lowest BCUT2D eigenvalue weighted by molar-refractivity contribution is -0.115. The predicted molar refractivity (Wildman–Crippen MR) is 76.5 cm³/mol. The average molecular weight is 291 g/mol. The van der Waals surface area contributed by atoms with Gasteiger partial charge in [-0.25, -0.2) is 4.98 Å². The molecule has 2 rings (SSSR count). The molecule has 0 bridgehead atoms. The summed E-state index contributed by atoms with van der Waals surface area (Å²) in [7, 11) is 0. The van der Waals surface area contributed by atoms with Crippen molar-refractivity contribution in [2.24, 2.45) is 0 Å². The molecule has 20 heavy (non-hydrogen) atoms. The summed E-state index contributed by atoms with van der Waals surface area (Å²) in [4.78, 5) is 27.4. The molecule has 2 amide bonds. The second-order valence-electron chi connectivity index (χ2n) is 4.00. The molecule has 8 heteroatoms. The van der Waals surface area contributed by atoms with E-state index in [9.17, 15) is 9.59 Å². The first-order valence-corrected chi connectivity index (χ1v) is 6.56. The molecule has 0 saturated heterocycles. The Morgan fingerprint density at radius 3 is 2.60 bits per heavy atom. The lowest BCUT2D eigenvalue weighted by Crippen LogP contribution is -2.32. The monoisotopic (exact) mass is 291 g/mol. The molecule has 0 aliphatic heterocycles. The smallest absolute Gasteiger partial charge is 0.251 e. The van der Waals surface area contributed by atoms with Gasteiger partial charge in [0, 0.05) is 22.8 Å². The highest BCUT2D eigenvalue weighted by Crippen LogP contribution is 2.09. The standard InChI is InChI=1S/C12H13N5O2S/c1-7-15-12(20-17-7)16-10(18)6-14-11(19)8-2-4-9(13)5-3-8/h2-5H,6,13H2,1H3,(H,14,19)(H,15,16,17,18). The molecule has 4 N–H and O–H groups in total. The molecule has 0 spiro atoms. The molecule has 0 fully saturated rings. The van der Waals surface area contributed by atoms with Gasteiger partial charge < -0.3 is 11.1 Å². The zero-order chi connectivity index (χ0) is 14.5. The molecular weight excluding hydrogens is 278 g/mol. The second kappa shape index (κ2) is 6.11. The summed E-state index contributed by atoms with van der Waals surface area (Å²) in [6, 6.07) is 6.44. The van der Waals surface area contributed by atoms with Crippen LogP contribution in [0.4, 0.5) is 10.8 Å². The van der Waals surface area contributed by atoms with Crippen LogP contribution in [0, 0.1) is 6.92 Å². The van der Waals surface area contributed by atoms with Crippen molar-refractivity contribution in [3.8, 4) is 0 Å². The minimum Gasteiger partial charge on any atom is -0.399 e. The van der Waals surface area contributed by atoms with Gasteiger partial charge in [-0.2, -0.15) is 4.37 Å². The zero-order valence-corrected chi connectivity index (χ0v) is 11.5. The highest BCUT2D eigenvalue weighted by atomic mass is 32.1. The van der Waals surface area contributed by atoms with Gasteiger partial charge in [-0.15, -0.1) is 0 Å². The fourth-order valence-corrected chi connectivity index (χ4v) is 2.00. The third-order valence-corrected chi connectivity index (χ3v) is 3.08. The Hall–Kier alpha value is -2.48. The molecule has 0 unspecified atom stereocenters. The van der Waals surface area contributed by atoms with Crippen molar-refractivity contribution in [2.45, 2.75) is 6.92 Å². The number of anilines is 2. The first kappa shape index (κ1) is 13.9. The van der Waals surface area contributed by atoms with E-state index in [4.69, 9.17) is 5.73 Å². The number of nitrogen functional groups attached to an aromatic ring is 1. The number of benzene rings is 1. The van der Waals surface area contributed by atoms with Gasteiger partial charge in [-0.1, -0.05) is 0 Å². The third-order valence-electron chi connectivity index (χ3n) is 2.36. The number of aromatic nitrogens is 2. The molecule has 1 aromatic heterocycles. The van der Waals surface area contributed by atoms with E-state index in [0.29, 0.717) is 22.2 Å². The maximum absolute atomic E-state index is 11.8. The molecular formula is C12H13N5O2S. The molecule has 0 radical (unpaired) electrons. The Morgan fingerprint density at radius 1 is 1.30 bits per heavy atom. The Balaban J connectivity index is 1.84. The molecule has 2 aromatic rings. The quantitative estimate of drug-likeness (QED) is 0.722. The molecule has 0 aliphatic carbocycles. The number of nitrogens with zero attached hydrogens (tertiary/aromatic N) is 2. The fraction of sp³-hybridized carbons (Fsp3) is 0.167. The van der Waals surface area contributed by atoms with Crippen molar-refractivity contribution in [1.29, 1.82) is 0 Å². The Bertz CT molecular complexity index is 623. The lowest BCUT2D eigenvalue weighted by Gasteiger charge is -2.05. The van der Waals surface area contributed by atoms with Gasteiger partial charge in [0.05, 0.1) is 6.54 Å². The zero-order valence-electron chi connectivity index (χ0n) is 10.7. The van der Waals surface area contributed by atoms with E-state index in [1.165, 1.54) is 0 Å². The van der Waals surface area contributed by atoms with Crippen molar-refractivity contribution in [3.05, 3.63) is 35.7 Å². The van der Waals surface area contributed by atoms with Crippen LogP contribution in [0.3, 0.4) is 0 Å². The molecule has 0 atom stereocenters. The Kier molecular flexibility index (Phi) is 4.26. The Labute approximate surface area is 119 Å². The van der Waals surface area contributed by atoms with E-state index >= 15 is 0 Å². The van der Waals surface area contributed by atoms with Gasteiger partial charge in [0.15, 0.2) is 0 Å². The minimum atomic E-state index is -0.357. The minimum absolute atomic E-state index is 0.137. The number of amides is 2. The summed E-state index contributed by atoms with van der Waals surface area (Å²) in [6.07, 6.45) is 0. The molecule has 104 valence electrons. The average Bonchev–Trinajstić information content (AvgIpc) is 2.82. The first-order valence-electron chi connectivity index (χ1n) is 5.78. The van der Waals surface area contributed by atoms with E-state index in [1.54, 1.807) is 31.2 Å². The van der Waals surface area contributed by atoms with Crippen LogP contribution in [0.5, 0.6) is 0 Å². The van der Waals surface area contributed by atoms with Crippen molar-refractivity contribution >= 4 is 34.2 Å². The summed E-state index contributed by atoms with van der Waals surface area (Å²) < 4.78 is 3.94. The van der Waals surface area contributed by atoms with E-state index in [0.717, 1.165) is 11.5 Å². The fourth-order valence-electron chi connectivity index (χ4n) is 1.41. The highest BCUT2D eigenvalue weighted by molar-refractivity contribution is 7.09. The highest BCUT2D eigenvalue weighted by Gasteiger charge is 2.09. The van der Waals surface area contributed by atoms with E-state index in [2.05, 4.69) is 20.0 Å². The maximum Gasteiger partial charge on any atom is 0.251 e. The van der Waals surface area contributed by atoms with Gasteiger partial charge in [0.1, 0.15) is 5.82 Å². The number of carbonyl (C=O) groups excluding carboxylic acids is 2. The number of hydrogen-bond acceptors (Lipinski definition) is 6. The Morgan fingerprint density at radius 2 is 2.00 bits per heavy atom. The largest absolute Gasteiger partial charge is 0.399 e. The summed E-state index contributed by atoms with van der Waals surface area (Å²) in [5.41, 5.74) is 6.55. The van der Waals surface area contributed by atoms with Crippen molar-refractivity contribution in [3.63, 3.8) is 0 Å². The van der Waals surface area contributed by atoms with Crippen LogP contribution in [-0.4, -0.2) is 27.7 Å². The number of nitrogens with one attached hydrogen (secondary N) is 2. The van der Waals surface area contributed by atoms with E-state index in [1.807, 2.05) is 0 Å². The van der Waals surface area contributed by atoms with Gasteiger partial charge in [-0.05, 0) is 31.2 Å². The van der Waals surface area contributed by atoms with Gasteiger partial charge in [-0.3, -0.25) is 14.9 Å². The van der Waals surface area contributed by atoms with E-state index < -0.39 is 0 Å². The lowest BCUT2D eigenvalue weighted by atomic mass is 10.2. The summed E-state index contributed by atoms with van der Waals surface area (Å²) in [5.74, 6) is -0.102. The number of carbonyl (C=O) groups is 2. The van der Waals surface area contributed by atoms with Crippen LogP contribution in [0.2, 0.25) is 0 Å². The van der Waals surface area contributed by atoms with Gasteiger partial charge >= 0.3 is 0 Å². The number of rotatable bonds is 4. The van der Waals surface area contributed by atoms with Crippen LogP contribution in [-0.2, 0) is 4.79 Å². The molecule has 7 nitrogen and oxygen atoms in total. The van der Waals surface area contributed by atoms with Crippen LogP contribution in [0.25, 0.3) is 0 Å². The maximum atomic E-state index is 11.8. The van der Waals surface area contributed by atoms with Crippen molar-refractivity contribution in [1.82, 2.24) is 14.7 Å². The van der Waals surface area contributed by atoms with Crippen molar-refractivity contribution < 1.29 is 9.59 Å². The van der Waals surface area contributed by atoms with Crippen LogP contribution >= 0.6 is 11.5 Å². The molecule has 1 aromatic carbocycles. The SMILES string of the molecule is Cc1nsc(NC(=O)CNC(=O)c2ccc(N)cc2)n1. The third kappa shape index (κ3) is 3.75. The first-order chi connectivity index (χ1) is 9.54. The molecule has 1 heterocycles. The normalized spacial score (nSPS) is 10.1. The van der Waals surface area contributed by atoms with Gasteiger partial charge in [0.25, 0.3) is 5.91 Å². The number of hydrogen-bond donors (Lipinski definition) is 3. The topological polar surface area (TPSA) is 110 Å². The summed E-state index contributed by atoms with van der Waals surface area (Å²) >= 11 is 1.09. The van der Waals surface area contributed by atoms with Gasteiger partial charge in [0.2, 0.25) is 11.0 Å². The predicted octanol–water partition coefficient (Wildman–Crippen LogP) is 0.797. The number of nitrogens with two attached hydrogens (primary N) is 1. The molecule has 0 saturated carbocycles. The van der Waals surface area contributed by atoms with Crippen LogP contribution in [0.1, 0.15) is 16.2 Å². The summed E-state index contributed by atoms with van der Waals surface area (Å²) in [6.45, 7) is 1.59. The van der Waals surface area contributed by atoms with Crippen LogP contribution < -0.4 is 16.4 Å². The van der Waals surface area contributed by atoms with E-state index in [-0.39, 0.29) is 18.4 Å². The van der Waals surface area contributed by atoms with Crippen LogP contribution in [0.15, 0.2) is 24.3 Å². The second-order valence-corrected chi connectivity index (χ2v) is 4.75. The van der Waals surface area contributed by atoms with Crippen molar-refractivity contribution in [2.75, 3.05) is 17.6 Å².